The Morgan fingerprint density at radius 1 is 1.40 bits per heavy atom. The molecule has 0 spiro atoms. The van der Waals surface area contributed by atoms with Gasteiger partial charge in [-0.1, -0.05) is 6.07 Å². The van der Waals surface area contributed by atoms with Crippen LogP contribution in [0.4, 0.5) is 18.0 Å². The fourth-order valence-corrected chi connectivity index (χ4v) is 2.62. The van der Waals surface area contributed by atoms with Gasteiger partial charge in [0.15, 0.2) is 0 Å². The lowest BCUT2D eigenvalue weighted by Gasteiger charge is -2.33. The van der Waals surface area contributed by atoms with Gasteiger partial charge >= 0.3 is 12.2 Å². The van der Waals surface area contributed by atoms with Crippen molar-refractivity contribution in [2.24, 2.45) is 0 Å². The Morgan fingerprint density at radius 3 is 2.80 bits per heavy atom. The van der Waals surface area contributed by atoms with Gasteiger partial charge in [-0.15, -0.1) is 0 Å². The first-order chi connectivity index (χ1) is 11.7. The molecule has 1 fully saturated rings. The number of urea groups is 1. The van der Waals surface area contributed by atoms with Crippen molar-refractivity contribution in [3.05, 3.63) is 29.6 Å². The maximum Gasteiger partial charge on any atom is 0.406 e. The number of alkyl halides is 3. The minimum Gasteiger partial charge on any atom is -0.338 e. The molecule has 6 nitrogen and oxygen atoms in total. The highest BCUT2D eigenvalue weighted by atomic mass is 19.4. The second kappa shape index (κ2) is 8.17. The van der Waals surface area contributed by atoms with Crippen molar-refractivity contribution in [1.29, 1.82) is 0 Å². The molecule has 1 aromatic heterocycles. The second-order valence-electron chi connectivity index (χ2n) is 6.03. The molecular weight excluding hydrogens is 337 g/mol. The predicted molar refractivity (Wildman–Crippen MR) is 84.9 cm³/mol. The van der Waals surface area contributed by atoms with Gasteiger partial charge in [0.05, 0.1) is 0 Å². The molecular formula is C16H21F3N4O2. The molecule has 1 unspecified atom stereocenters. The van der Waals surface area contributed by atoms with Crippen molar-refractivity contribution in [2.45, 2.75) is 38.4 Å². The third-order valence-corrected chi connectivity index (χ3v) is 3.88. The summed E-state index contributed by atoms with van der Waals surface area (Å²) in [4.78, 5) is 28.8. The number of nitrogens with one attached hydrogen (secondary N) is 2. The number of carbonyl (C=O) groups excluding carboxylic acids is 2. The number of hydrogen-bond acceptors (Lipinski definition) is 3. The number of pyridine rings is 1. The van der Waals surface area contributed by atoms with Crippen LogP contribution in [-0.4, -0.2) is 53.7 Å². The first-order valence-electron chi connectivity index (χ1n) is 8.06. The van der Waals surface area contributed by atoms with Crippen LogP contribution in [0, 0.1) is 6.92 Å². The van der Waals surface area contributed by atoms with Gasteiger partial charge in [0.1, 0.15) is 12.6 Å². The summed E-state index contributed by atoms with van der Waals surface area (Å²) in [7, 11) is 0. The van der Waals surface area contributed by atoms with Crippen LogP contribution in [-0.2, 0) is 11.2 Å². The van der Waals surface area contributed by atoms with Crippen molar-refractivity contribution in [3.63, 3.8) is 0 Å². The zero-order valence-corrected chi connectivity index (χ0v) is 13.9. The summed E-state index contributed by atoms with van der Waals surface area (Å²) in [6.45, 7) is 0.979. The normalized spacial score (nSPS) is 18.2. The maximum atomic E-state index is 12.5. The molecule has 2 heterocycles. The minimum atomic E-state index is -4.44. The summed E-state index contributed by atoms with van der Waals surface area (Å²) in [5, 5.41) is 5.06. The van der Waals surface area contributed by atoms with E-state index < -0.39 is 30.7 Å². The largest absolute Gasteiger partial charge is 0.406 e. The van der Waals surface area contributed by atoms with E-state index in [1.54, 1.807) is 6.20 Å². The number of aryl methyl sites for hydroxylation is 1. The van der Waals surface area contributed by atoms with Crippen molar-refractivity contribution >= 4 is 11.9 Å². The highest BCUT2D eigenvalue weighted by molar-refractivity contribution is 5.87. The number of likely N-dealkylation sites (tertiary alicyclic amines) is 1. The first kappa shape index (κ1) is 19.0. The van der Waals surface area contributed by atoms with Crippen molar-refractivity contribution in [2.75, 3.05) is 19.6 Å². The first-order valence-corrected chi connectivity index (χ1v) is 8.06. The smallest absolute Gasteiger partial charge is 0.338 e. The molecule has 0 radical (unpaired) electrons. The third-order valence-electron chi connectivity index (χ3n) is 3.88. The number of hydrogen-bond donors (Lipinski definition) is 2. The standard InChI is InChI=1S/C16H21F3N4O2/c1-11-4-5-12(9-21-11)6-7-20-15(25)22-13-3-2-8-23(14(13)24)10-16(17,18)19/h4-5,9,13H,2-3,6-8,10H2,1H3,(H2,20,22,25). The Kier molecular flexibility index (Phi) is 6.22. The van der Waals surface area contributed by atoms with Crippen molar-refractivity contribution in [1.82, 2.24) is 20.5 Å². The van der Waals surface area contributed by atoms with E-state index in [2.05, 4.69) is 15.6 Å². The number of rotatable bonds is 5. The van der Waals surface area contributed by atoms with Crippen LogP contribution in [0.5, 0.6) is 0 Å². The third kappa shape index (κ3) is 6.24. The molecule has 1 aliphatic rings. The van der Waals surface area contributed by atoms with Gasteiger partial charge in [0, 0.05) is 25.0 Å². The lowest BCUT2D eigenvalue weighted by atomic mass is 10.0. The molecule has 1 aliphatic heterocycles. The zero-order valence-electron chi connectivity index (χ0n) is 13.9. The number of nitrogens with zero attached hydrogens (tertiary/aromatic N) is 2. The van der Waals surface area contributed by atoms with E-state index in [1.165, 1.54) is 0 Å². The van der Waals surface area contributed by atoms with Crippen LogP contribution in [0.2, 0.25) is 0 Å². The van der Waals surface area contributed by atoms with Crippen LogP contribution < -0.4 is 10.6 Å². The quantitative estimate of drug-likeness (QED) is 0.843. The lowest BCUT2D eigenvalue weighted by Crippen LogP contribution is -2.56. The van der Waals surface area contributed by atoms with E-state index in [9.17, 15) is 22.8 Å². The molecule has 0 aliphatic carbocycles. The van der Waals surface area contributed by atoms with Gasteiger partial charge in [-0.2, -0.15) is 13.2 Å². The highest BCUT2D eigenvalue weighted by Crippen LogP contribution is 2.20. The Balaban J connectivity index is 1.77. The Hall–Kier alpha value is -2.32. The molecule has 0 aromatic carbocycles. The number of amides is 3. The van der Waals surface area contributed by atoms with E-state index in [1.807, 2.05) is 19.1 Å². The van der Waals surface area contributed by atoms with E-state index in [0.29, 0.717) is 25.8 Å². The van der Waals surface area contributed by atoms with Gasteiger partial charge in [-0.25, -0.2) is 4.79 Å². The molecule has 0 bridgehead atoms. The predicted octanol–water partition coefficient (Wildman–Crippen LogP) is 1.79. The maximum absolute atomic E-state index is 12.5. The topological polar surface area (TPSA) is 74.3 Å². The number of aromatic nitrogens is 1. The van der Waals surface area contributed by atoms with Crippen LogP contribution in [0.1, 0.15) is 24.1 Å². The fourth-order valence-electron chi connectivity index (χ4n) is 2.62. The lowest BCUT2D eigenvalue weighted by molar-refractivity contribution is -0.164. The Morgan fingerprint density at radius 2 is 2.16 bits per heavy atom. The molecule has 1 saturated heterocycles. The van der Waals surface area contributed by atoms with Crippen LogP contribution >= 0.6 is 0 Å². The van der Waals surface area contributed by atoms with Crippen molar-refractivity contribution in [3.8, 4) is 0 Å². The summed E-state index contributed by atoms with van der Waals surface area (Å²) in [6, 6.07) is 2.29. The van der Waals surface area contributed by atoms with Gasteiger partial charge < -0.3 is 15.5 Å². The average Bonchev–Trinajstić information content (AvgIpc) is 2.52. The number of halogens is 3. The van der Waals surface area contributed by atoms with Crippen LogP contribution in [0.15, 0.2) is 18.3 Å². The van der Waals surface area contributed by atoms with Gasteiger partial charge in [-0.05, 0) is 37.8 Å². The summed E-state index contributed by atoms with van der Waals surface area (Å²) in [5.74, 6) is -0.693. The molecule has 2 rings (SSSR count). The summed E-state index contributed by atoms with van der Waals surface area (Å²) in [5.41, 5.74) is 1.85. The van der Waals surface area contributed by atoms with E-state index in [-0.39, 0.29) is 6.54 Å². The summed E-state index contributed by atoms with van der Waals surface area (Å²) >= 11 is 0. The molecule has 138 valence electrons. The molecule has 1 aromatic rings. The fraction of sp³-hybridized carbons (Fsp3) is 0.562. The molecule has 9 heteroatoms. The van der Waals surface area contributed by atoms with Gasteiger partial charge in [0.25, 0.3) is 0 Å². The minimum absolute atomic E-state index is 0.0541. The Labute approximate surface area is 143 Å². The molecule has 1 atom stereocenters. The van der Waals surface area contributed by atoms with Gasteiger partial charge in [0.2, 0.25) is 5.91 Å². The monoisotopic (exact) mass is 358 g/mol. The van der Waals surface area contributed by atoms with E-state index in [0.717, 1.165) is 16.2 Å². The number of piperidine rings is 1. The van der Waals surface area contributed by atoms with Crippen LogP contribution in [0.3, 0.4) is 0 Å². The van der Waals surface area contributed by atoms with Crippen molar-refractivity contribution < 1.29 is 22.8 Å². The van der Waals surface area contributed by atoms with Crippen LogP contribution in [0.25, 0.3) is 0 Å². The summed E-state index contributed by atoms with van der Waals surface area (Å²) < 4.78 is 37.4. The average molecular weight is 358 g/mol. The number of carbonyl (C=O) groups is 2. The summed E-state index contributed by atoms with van der Waals surface area (Å²) in [6.07, 6.45) is -1.40. The molecule has 2 N–H and O–H groups in total. The van der Waals surface area contributed by atoms with E-state index in [4.69, 9.17) is 0 Å². The second-order valence-corrected chi connectivity index (χ2v) is 6.03. The molecule has 3 amide bonds. The SMILES string of the molecule is Cc1ccc(CCNC(=O)NC2CCCN(CC(F)(F)F)C2=O)cn1. The van der Waals surface area contributed by atoms with E-state index >= 15 is 0 Å². The van der Waals surface area contributed by atoms with Gasteiger partial charge in [-0.3, -0.25) is 9.78 Å². The zero-order chi connectivity index (χ0) is 18.4. The Bertz CT molecular complexity index is 604. The molecule has 0 saturated carbocycles. The highest BCUT2D eigenvalue weighted by Gasteiger charge is 2.37. The molecule has 25 heavy (non-hydrogen) atoms.